The van der Waals surface area contributed by atoms with Crippen LogP contribution in [0.3, 0.4) is 0 Å². The summed E-state index contributed by atoms with van der Waals surface area (Å²) in [5.74, 6) is 1.11. The van der Waals surface area contributed by atoms with Gasteiger partial charge in [0.2, 0.25) is 11.8 Å². The second-order valence-corrected chi connectivity index (χ2v) is 6.22. The average Bonchev–Trinajstić information content (AvgIpc) is 3.16. The normalized spacial score (nSPS) is 15.4. The number of methoxy groups -OCH3 is 2. The monoisotopic (exact) mass is 374 g/mol. The van der Waals surface area contributed by atoms with Gasteiger partial charge in [-0.05, 0) is 23.3 Å². The van der Waals surface area contributed by atoms with Crippen LogP contribution in [-0.2, 0) is 0 Å². The molecule has 0 spiro atoms. The van der Waals surface area contributed by atoms with Crippen molar-refractivity contribution in [2.24, 2.45) is 5.73 Å². The molecule has 2 heterocycles. The number of allylic oxidation sites excluding steroid dienone is 1. The number of H-pyrrole nitrogens is 1. The molecule has 0 fully saturated rings. The van der Waals surface area contributed by atoms with Crippen LogP contribution in [0.15, 0.2) is 60.0 Å². The van der Waals surface area contributed by atoms with Gasteiger partial charge in [0.05, 0.1) is 31.4 Å². The number of hydrogen-bond donors (Lipinski definition) is 2. The highest BCUT2D eigenvalue weighted by Crippen LogP contribution is 2.46. The zero-order valence-electron chi connectivity index (χ0n) is 15.4. The molecule has 3 aromatic rings. The van der Waals surface area contributed by atoms with Crippen molar-refractivity contribution in [2.45, 2.75) is 5.92 Å². The summed E-state index contributed by atoms with van der Waals surface area (Å²) in [6.07, 6.45) is 0. The summed E-state index contributed by atoms with van der Waals surface area (Å²) in [6, 6.07) is 17.5. The van der Waals surface area contributed by atoms with Crippen molar-refractivity contribution in [3.8, 4) is 34.7 Å². The van der Waals surface area contributed by atoms with E-state index >= 15 is 0 Å². The van der Waals surface area contributed by atoms with Gasteiger partial charge in [0.1, 0.15) is 11.6 Å². The Morgan fingerprint density at radius 2 is 1.86 bits per heavy atom. The van der Waals surface area contributed by atoms with E-state index in [4.69, 9.17) is 19.9 Å². The van der Waals surface area contributed by atoms with E-state index in [0.717, 1.165) is 22.4 Å². The van der Waals surface area contributed by atoms with Crippen LogP contribution in [-0.4, -0.2) is 24.4 Å². The molecule has 0 bridgehead atoms. The van der Waals surface area contributed by atoms with Gasteiger partial charge in [0.25, 0.3) is 0 Å². The molecule has 0 saturated heterocycles. The van der Waals surface area contributed by atoms with E-state index in [2.05, 4.69) is 16.3 Å². The largest absolute Gasteiger partial charge is 0.493 e. The molecular formula is C21H18N4O3. The minimum Gasteiger partial charge on any atom is -0.493 e. The van der Waals surface area contributed by atoms with E-state index < -0.39 is 5.92 Å². The first kappa shape index (κ1) is 17.5. The molecule has 0 radical (unpaired) electrons. The molecule has 1 atom stereocenters. The molecule has 28 heavy (non-hydrogen) atoms. The lowest BCUT2D eigenvalue weighted by Gasteiger charge is -2.24. The lowest BCUT2D eigenvalue weighted by atomic mass is 9.83. The number of benzene rings is 2. The Morgan fingerprint density at radius 3 is 2.54 bits per heavy atom. The number of aromatic nitrogens is 2. The Morgan fingerprint density at radius 1 is 1.11 bits per heavy atom. The molecule has 7 heteroatoms. The maximum atomic E-state index is 9.79. The van der Waals surface area contributed by atoms with Crippen molar-refractivity contribution in [1.29, 1.82) is 5.26 Å². The van der Waals surface area contributed by atoms with Gasteiger partial charge in [0.15, 0.2) is 11.5 Å². The number of nitrogens with zero attached hydrogens (tertiary/aromatic N) is 2. The molecule has 0 aliphatic carbocycles. The maximum absolute atomic E-state index is 9.79. The zero-order valence-corrected chi connectivity index (χ0v) is 15.4. The SMILES string of the molecule is COc1ccc(C2C(C#N)=C(N)Oc3n[nH]c(-c4ccccc4)c32)cc1OC. The van der Waals surface area contributed by atoms with E-state index in [1.54, 1.807) is 20.3 Å². The topological polar surface area (TPSA) is 106 Å². The average molecular weight is 374 g/mol. The summed E-state index contributed by atoms with van der Waals surface area (Å²) in [7, 11) is 3.14. The summed E-state index contributed by atoms with van der Waals surface area (Å²) in [5.41, 5.74) is 9.63. The molecule has 4 rings (SSSR count). The van der Waals surface area contributed by atoms with Crippen LogP contribution >= 0.6 is 0 Å². The number of fused-ring (bicyclic) bond motifs is 1. The first-order valence-electron chi connectivity index (χ1n) is 8.61. The summed E-state index contributed by atoms with van der Waals surface area (Å²) in [4.78, 5) is 0. The fraction of sp³-hybridized carbons (Fsp3) is 0.143. The van der Waals surface area contributed by atoms with Crippen LogP contribution in [0.4, 0.5) is 0 Å². The Bertz CT molecular complexity index is 1100. The first-order valence-corrected chi connectivity index (χ1v) is 8.61. The molecule has 1 aliphatic heterocycles. The molecule has 3 N–H and O–H groups in total. The Balaban J connectivity index is 1.94. The molecular weight excluding hydrogens is 356 g/mol. The number of ether oxygens (including phenoxy) is 3. The number of hydrogen-bond acceptors (Lipinski definition) is 6. The standard InChI is InChI=1S/C21H18N4O3/c1-26-15-9-8-13(10-16(15)27-2)17-14(11-22)20(23)28-21-18(17)19(24-25-21)12-6-4-3-5-7-12/h3-10,17H,23H2,1-2H3,(H,24,25). The first-order chi connectivity index (χ1) is 13.7. The highest BCUT2D eigenvalue weighted by atomic mass is 16.5. The second kappa shape index (κ2) is 7.00. The van der Waals surface area contributed by atoms with Crippen LogP contribution in [0, 0.1) is 11.3 Å². The van der Waals surface area contributed by atoms with Crippen molar-refractivity contribution in [3.05, 3.63) is 71.1 Å². The van der Waals surface area contributed by atoms with E-state index in [0.29, 0.717) is 23.0 Å². The Kier molecular flexibility index (Phi) is 4.38. The highest BCUT2D eigenvalue weighted by molar-refractivity contribution is 5.71. The lowest BCUT2D eigenvalue weighted by molar-refractivity contribution is 0.354. The van der Waals surface area contributed by atoms with Crippen molar-refractivity contribution >= 4 is 0 Å². The Labute approximate surface area is 162 Å². The van der Waals surface area contributed by atoms with Gasteiger partial charge in [0, 0.05) is 0 Å². The summed E-state index contributed by atoms with van der Waals surface area (Å²) >= 11 is 0. The maximum Gasteiger partial charge on any atom is 0.244 e. The van der Waals surface area contributed by atoms with Gasteiger partial charge in [-0.1, -0.05) is 36.4 Å². The van der Waals surface area contributed by atoms with Gasteiger partial charge in [-0.3, -0.25) is 5.10 Å². The molecule has 7 nitrogen and oxygen atoms in total. The molecule has 1 unspecified atom stereocenters. The fourth-order valence-corrected chi connectivity index (χ4v) is 3.44. The molecule has 1 aliphatic rings. The Hall–Kier alpha value is -3.92. The van der Waals surface area contributed by atoms with Crippen molar-refractivity contribution < 1.29 is 14.2 Å². The van der Waals surface area contributed by atoms with Gasteiger partial charge in [-0.15, -0.1) is 5.10 Å². The van der Waals surface area contributed by atoms with Crippen LogP contribution in [0.1, 0.15) is 17.0 Å². The zero-order chi connectivity index (χ0) is 19.7. The van der Waals surface area contributed by atoms with Crippen molar-refractivity contribution in [1.82, 2.24) is 10.2 Å². The predicted octanol–water partition coefficient (Wildman–Crippen LogP) is 3.31. The number of nitrogens with two attached hydrogens (primary N) is 1. The minimum atomic E-state index is -0.456. The van der Waals surface area contributed by atoms with Gasteiger partial charge in [-0.2, -0.15) is 5.26 Å². The molecule has 0 amide bonds. The third-order valence-electron chi connectivity index (χ3n) is 4.74. The third kappa shape index (κ3) is 2.72. The molecule has 1 aromatic heterocycles. The number of aromatic amines is 1. The number of nitriles is 1. The van der Waals surface area contributed by atoms with Gasteiger partial charge >= 0.3 is 0 Å². The number of nitrogens with one attached hydrogen (secondary N) is 1. The van der Waals surface area contributed by atoms with E-state index in [1.807, 2.05) is 42.5 Å². The van der Waals surface area contributed by atoms with E-state index in [1.165, 1.54) is 0 Å². The summed E-state index contributed by atoms with van der Waals surface area (Å²) < 4.78 is 16.4. The fourth-order valence-electron chi connectivity index (χ4n) is 3.44. The minimum absolute atomic E-state index is 0.0425. The quantitative estimate of drug-likeness (QED) is 0.726. The number of rotatable bonds is 4. The second-order valence-electron chi connectivity index (χ2n) is 6.22. The van der Waals surface area contributed by atoms with Crippen LogP contribution < -0.4 is 19.9 Å². The molecule has 0 saturated carbocycles. The summed E-state index contributed by atoms with van der Waals surface area (Å²) in [5, 5.41) is 17.1. The third-order valence-corrected chi connectivity index (χ3v) is 4.74. The van der Waals surface area contributed by atoms with Gasteiger partial charge < -0.3 is 19.9 Å². The molecule has 2 aromatic carbocycles. The molecule has 140 valence electrons. The van der Waals surface area contributed by atoms with E-state index in [9.17, 15) is 5.26 Å². The van der Waals surface area contributed by atoms with E-state index in [-0.39, 0.29) is 5.88 Å². The smallest absolute Gasteiger partial charge is 0.244 e. The van der Waals surface area contributed by atoms with Crippen molar-refractivity contribution in [3.63, 3.8) is 0 Å². The van der Waals surface area contributed by atoms with Crippen LogP contribution in [0.2, 0.25) is 0 Å². The highest BCUT2D eigenvalue weighted by Gasteiger charge is 2.36. The predicted molar refractivity (Wildman–Crippen MR) is 103 cm³/mol. The summed E-state index contributed by atoms with van der Waals surface area (Å²) in [6.45, 7) is 0. The van der Waals surface area contributed by atoms with Crippen LogP contribution in [0.5, 0.6) is 17.4 Å². The lowest BCUT2D eigenvalue weighted by Crippen LogP contribution is -2.21. The van der Waals surface area contributed by atoms with Crippen molar-refractivity contribution in [2.75, 3.05) is 14.2 Å². The van der Waals surface area contributed by atoms with Crippen LogP contribution in [0.25, 0.3) is 11.3 Å². The van der Waals surface area contributed by atoms with Gasteiger partial charge in [-0.25, -0.2) is 0 Å².